The number of ether oxygens (including phenoxy) is 2. The third-order valence-corrected chi connectivity index (χ3v) is 7.15. The Labute approximate surface area is 218 Å². The molecule has 0 saturated carbocycles. The van der Waals surface area contributed by atoms with Crippen molar-refractivity contribution in [2.24, 2.45) is 0 Å². The molecular formula is C28H28F3N5O2. The Morgan fingerprint density at radius 3 is 2.74 bits per heavy atom. The van der Waals surface area contributed by atoms with Crippen LogP contribution in [0.1, 0.15) is 37.3 Å². The first-order chi connectivity index (χ1) is 18.3. The van der Waals surface area contributed by atoms with E-state index in [2.05, 4.69) is 33.4 Å². The number of aromatic nitrogens is 2. The van der Waals surface area contributed by atoms with Gasteiger partial charge in [-0.15, -0.1) is 0 Å². The van der Waals surface area contributed by atoms with E-state index in [1.165, 1.54) is 12.3 Å². The lowest BCUT2D eigenvalue weighted by molar-refractivity contribution is -0.137. The van der Waals surface area contributed by atoms with Crippen molar-refractivity contribution in [2.75, 3.05) is 18.1 Å². The summed E-state index contributed by atoms with van der Waals surface area (Å²) in [5, 5.41) is 2.39. The van der Waals surface area contributed by atoms with Crippen LogP contribution in [0.4, 0.5) is 18.9 Å². The maximum atomic E-state index is 13.1. The van der Waals surface area contributed by atoms with Crippen LogP contribution in [-0.4, -0.2) is 40.5 Å². The number of alkyl halides is 3. The summed E-state index contributed by atoms with van der Waals surface area (Å²) in [6.45, 7) is 5.40. The van der Waals surface area contributed by atoms with Crippen LogP contribution in [-0.2, 0) is 15.7 Å². The van der Waals surface area contributed by atoms with Crippen LogP contribution in [0, 0.1) is 6.92 Å². The summed E-state index contributed by atoms with van der Waals surface area (Å²) >= 11 is 0. The zero-order valence-electron chi connectivity index (χ0n) is 21.1. The molecular weight excluding hydrogens is 495 g/mol. The lowest BCUT2D eigenvalue weighted by Gasteiger charge is -2.34. The highest BCUT2D eigenvalue weighted by atomic mass is 19.4. The Balaban J connectivity index is 1.31. The second-order valence-electron chi connectivity index (χ2n) is 9.88. The van der Waals surface area contributed by atoms with Crippen molar-refractivity contribution in [3.05, 3.63) is 77.6 Å². The smallest absolute Gasteiger partial charge is 0.416 e. The van der Waals surface area contributed by atoms with Gasteiger partial charge in [-0.25, -0.2) is 9.97 Å². The van der Waals surface area contributed by atoms with E-state index in [9.17, 15) is 13.2 Å². The molecule has 1 aromatic heterocycles. The number of fused-ring (bicyclic) bond motifs is 2. The first-order valence-electron chi connectivity index (χ1n) is 12.7. The number of nitrogens with zero attached hydrogens (tertiary/aromatic N) is 4. The van der Waals surface area contributed by atoms with E-state index < -0.39 is 11.7 Å². The molecule has 6 rings (SSSR count). The van der Waals surface area contributed by atoms with Gasteiger partial charge in [-0.05, 0) is 75.1 Å². The van der Waals surface area contributed by atoms with E-state index in [1.54, 1.807) is 0 Å². The Bertz CT molecular complexity index is 1430. The fourth-order valence-electron chi connectivity index (χ4n) is 5.09. The SMILES string of the molecule is Cc1cc(-c2ncc3cc(C(F)(F)F)ccc3n2)ccc1N1C=C2C(=CNN2C2CCCCO2)OCC1C. The summed E-state index contributed by atoms with van der Waals surface area (Å²) in [4.78, 5) is 11.1. The number of hydrogen-bond donors (Lipinski definition) is 1. The number of aryl methyl sites for hydroxylation is 1. The number of rotatable bonds is 3. The molecule has 10 heteroatoms. The van der Waals surface area contributed by atoms with Gasteiger partial charge in [0.05, 0.1) is 23.3 Å². The van der Waals surface area contributed by atoms with Crippen LogP contribution >= 0.6 is 0 Å². The summed E-state index contributed by atoms with van der Waals surface area (Å²) in [5.41, 5.74) is 6.81. The molecule has 0 spiro atoms. The van der Waals surface area contributed by atoms with Crippen LogP contribution < -0.4 is 10.3 Å². The third-order valence-electron chi connectivity index (χ3n) is 7.15. The van der Waals surface area contributed by atoms with Gasteiger partial charge in [-0.1, -0.05) is 0 Å². The molecule has 198 valence electrons. The highest BCUT2D eigenvalue weighted by Gasteiger charge is 2.34. The van der Waals surface area contributed by atoms with E-state index >= 15 is 0 Å². The van der Waals surface area contributed by atoms with Crippen LogP contribution in [0.3, 0.4) is 0 Å². The molecule has 2 atom stereocenters. The minimum atomic E-state index is -4.41. The van der Waals surface area contributed by atoms with Gasteiger partial charge in [0, 0.05) is 35.6 Å². The van der Waals surface area contributed by atoms with Gasteiger partial charge in [-0.2, -0.15) is 13.2 Å². The van der Waals surface area contributed by atoms with Gasteiger partial charge in [0.1, 0.15) is 18.5 Å². The van der Waals surface area contributed by atoms with E-state index in [1.807, 2.05) is 36.3 Å². The molecule has 2 aromatic carbocycles. The lowest BCUT2D eigenvalue weighted by atomic mass is 10.1. The van der Waals surface area contributed by atoms with Crippen molar-refractivity contribution in [3.8, 4) is 11.4 Å². The molecule has 1 saturated heterocycles. The van der Waals surface area contributed by atoms with Gasteiger partial charge < -0.3 is 14.4 Å². The number of hydrogen-bond acceptors (Lipinski definition) is 7. The van der Waals surface area contributed by atoms with Crippen LogP contribution in [0.25, 0.3) is 22.3 Å². The molecule has 1 N–H and O–H groups in total. The number of benzene rings is 2. The maximum Gasteiger partial charge on any atom is 0.416 e. The van der Waals surface area contributed by atoms with Gasteiger partial charge in [0.15, 0.2) is 11.6 Å². The average Bonchev–Trinajstić information content (AvgIpc) is 3.24. The molecule has 1 fully saturated rings. The van der Waals surface area contributed by atoms with Crippen molar-refractivity contribution in [3.63, 3.8) is 0 Å². The highest BCUT2D eigenvalue weighted by molar-refractivity contribution is 5.80. The molecule has 0 aliphatic carbocycles. The first-order valence-corrected chi connectivity index (χ1v) is 12.7. The molecule has 4 heterocycles. The van der Waals surface area contributed by atoms with E-state index in [0.29, 0.717) is 23.3 Å². The molecule has 0 amide bonds. The van der Waals surface area contributed by atoms with E-state index in [4.69, 9.17) is 9.47 Å². The third kappa shape index (κ3) is 4.53. The molecule has 2 unspecified atom stereocenters. The first kappa shape index (κ1) is 24.5. The number of nitrogens with one attached hydrogen (secondary N) is 1. The van der Waals surface area contributed by atoms with E-state index in [-0.39, 0.29) is 12.3 Å². The Hall–Kier alpha value is -3.79. The number of anilines is 1. The Morgan fingerprint density at radius 2 is 1.97 bits per heavy atom. The highest BCUT2D eigenvalue weighted by Crippen LogP contribution is 2.35. The van der Waals surface area contributed by atoms with E-state index in [0.717, 1.165) is 66.3 Å². The normalized spacial score (nSPS) is 21.8. The van der Waals surface area contributed by atoms with Gasteiger partial charge in [0.25, 0.3) is 0 Å². The van der Waals surface area contributed by atoms with Gasteiger partial charge in [-0.3, -0.25) is 10.4 Å². The van der Waals surface area contributed by atoms with Crippen molar-refractivity contribution in [1.82, 2.24) is 20.4 Å². The molecule has 38 heavy (non-hydrogen) atoms. The van der Waals surface area contributed by atoms with Crippen molar-refractivity contribution < 1.29 is 22.6 Å². The summed E-state index contributed by atoms with van der Waals surface area (Å²) in [5.74, 6) is 1.25. The molecule has 3 aliphatic rings. The summed E-state index contributed by atoms with van der Waals surface area (Å²) in [6.07, 6.45) is 4.10. The monoisotopic (exact) mass is 523 g/mol. The standard InChI is InChI=1S/C28H28F3N5O2/c1-17-11-19(27-32-13-20-12-21(28(29,30)31)7-8-22(20)34-27)6-9-23(17)35-15-24-25(38-16-18(35)2)14-33-36(24)26-5-3-4-10-37-26/h6-9,11-15,18,26,33H,3-5,10,16H2,1-2H3. The van der Waals surface area contributed by atoms with Crippen LogP contribution in [0.2, 0.25) is 0 Å². The van der Waals surface area contributed by atoms with Crippen LogP contribution in [0.5, 0.6) is 0 Å². The molecule has 0 bridgehead atoms. The number of hydrazine groups is 1. The Kier molecular flexibility index (Phi) is 6.14. The predicted molar refractivity (Wildman–Crippen MR) is 137 cm³/mol. The molecule has 3 aromatic rings. The summed E-state index contributed by atoms with van der Waals surface area (Å²) < 4.78 is 51.3. The maximum absolute atomic E-state index is 13.1. The largest absolute Gasteiger partial charge is 0.488 e. The molecule has 3 aliphatic heterocycles. The summed E-state index contributed by atoms with van der Waals surface area (Å²) in [7, 11) is 0. The topological polar surface area (TPSA) is 62.8 Å². The molecule has 7 nitrogen and oxygen atoms in total. The van der Waals surface area contributed by atoms with Crippen molar-refractivity contribution in [1.29, 1.82) is 0 Å². The van der Waals surface area contributed by atoms with Gasteiger partial charge >= 0.3 is 6.18 Å². The second-order valence-corrected chi connectivity index (χ2v) is 9.88. The Morgan fingerprint density at radius 1 is 1.11 bits per heavy atom. The zero-order valence-corrected chi connectivity index (χ0v) is 21.1. The number of halogens is 3. The van der Waals surface area contributed by atoms with Crippen molar-refractivity contribution in [2.45, 2.75) is 51.6 Å². The second kappa shape index (κ2) is 9.50. The summed E-state index contributed by atoms with van der Waals surface area (Å²) in [6, 6.07) is 9.56. The quantitative estimate of drug-likeness (QED) is 0.460. The predicted octanol–water partition coefficient (Wildman–Crippen LogP) is 5.88. The van der Waals surface area contributed by atoms with Gasteiger partial charge in [0.2, 0.25) is 0 Å². The van der Waals surface area contributed by atoms with Crippen molar-refractivity contribution >= 4 is 16.6 Å². The zero-order chi connectivity index (χ0) is 26.4. The minimum Gasteiger partial charge on any atom is -0.488 e. The lowest BCUT2D eigenvalue weighted by Crippen LogP contribution is -2.43. The average molecular weight is 524 g/mol. The minimum absolute atomic E-state index is 0.0525. The fourth-order valence-corrected chi connectivity index (χ4v) is 5.09. The molecule has 0 radical (unpaired) electrons. The van der Waals surface area contributed by atoms with Crippen LogP contribution in [0.15, 0.2) is 66.5 Å². The fraction of sp³-hybridized carbons (Fsp3) is 0.357.